The van der Waals surface area contributed by atoms with E-state index in [4.69, 9.17) is 0 Å². The molecule has 2 fully saturated rings. The van der Waals surface area contributed by atoms with Crippen molar-refractivity contribution in [1.29, 1.82) is 0 Å². The highest BCUT2D eigenvalue weighted by molar-refractivity contribution is 6.00. The van der Waals surface area contributed by atoms with E-state index in [0.29, 0.717) is 50.2 Å². The number of aromatic hydroxyl groups is 2. The molecule has 4 bridgehead atoms. The van der Waals surface area contributed by atoms with E-state index in [1.165, 1.54) is 21.5 Å². The van der Waals surface area contributed by atoms with Gasteiger partial charge >= 0.3 is 0 Å². The van der Waals surface area contributed by atoms with Crippen LogP contribution >= 0.6 is 0 Å². The molecule has 0 saturated carbocycles. The molecule has 4 aliphatic rings. The number of fused-ring (bicyclic) bond motifs is 8. The van der Waals surface area contributed by atoms with Crippen molar-refractivity contribution in [3.8, 4) is 11.5 Å². The zero-order valence-corrected chi connectivity index (χ0v) is 35.0. The van der Waals surface area contributed by atoms with Crippen LogP contribution < -0.4 is 21.5 Å². The Bertz CT molecular complexity index is 2500. The number of rotatable bonds is 6. The number of benzene rings is 2. The van der Waals surface area contributed by atoms with Crippen LogP contribution in [-0.2, 0) is 13.1 Å². The van der Waals surface area contributed by atoms with Gasteiger partial charge in [0.1, 0.15) is 46.0 Å². The monoisotopic (exact) mass is 898 g/mol. The number of nitrogens with one attached hydrogen (secondary N) is 2. The minimum Gasteiger partial charge on any atom is -0.503 e. The SMILES string of the molecule is CC1C[C@H]2CN(C(=O)c3c(O)c(=O)c(C(=O)NCc4c(F)cc(F)cc4F)cn32)[C@@H](C)C1.CC1C[C@H]2CN(C(=O)c3c(O)c(=O)c(C(=O)NCc4c(F)cc(F)cc4F)cn32)[C@@H](C)C1. The van der Waals surface area contributed by atoms with Gasteiger partial charge in [0.05, 0.1) is 12.1 Å². The standard InChI is InChI=1S/2C22H22F3N3O4/c2*1-10-3-11(2)27-8-13(4-10)28-9-15(19(29)20(30)18(28)22(27)32)21(31)26-7-14-16(24)5-12(23)6-17(14)25/h2*5-6,9-11,13,30H,3-4,7-8H2,1-2H3,(H,26,31)/t2*10?,11-,13-/m00/s1. The van der Waals surface area contributed by atoms with E-state index in [1.807, 2.05) is 27.7 Å². The number of carbonyl (C=O) groups excluding carboxylic acids is 4. The maximum atomic E-state index is 13.8. The Kier molecular flexibility index (Phi) is 12.4. The van der Waals surface area contributed by atoms with Gasteiger partial charge in [0, 0.05) is 86.0 Å². The van der Waals surface area contributed by atoms with Gasteiger partial charge < -0.3 is 39.8 Å². The highest BCUT2D eigenvalue weighted by atomic mass is 19.2. The quantitative estimate of drug-likeness (QED) is 0.185. The zero-order chi connectivity index (χ0) is 46.6. The maximum Gasteiger partial charge on any atom is 0.274 e. The van der Waals surface area contributed by atoms with Crippen LogP contribution in [-0.4, -0.2) is 77.9 Å². The van der Waals surface area contributed by atoms with E-state index >= 15 is 0 Å². The topological polar surface area (TPSA) is 183 Å². The Balaban J connectivity index is 0.000000191. The summed E-state index contributed by atoms with van der Waals surface area (Å²) in [5.41, 5.74) is -4.50. The van der Waals surface area contributed by atoms with Gasteiger partial charge in [-0.1, -0.05) is 13.8 Å². The minimum atomic E-state index is -1.18. The zero-order valence-electron chi connectivity index (χ0n) is 35.0. The number of carbonyl (C=O) groups is 4. The largest absolute Gasteiger partial charge is 0.503 e. The molecule has 6 heterocycles. The van der Waals surface area contributed by atoms with Gasteiger partial charge in [0.2, 0.25) is 10.9 Å². The average Bonchev–Trinajstić information content (AvgIpc) is 3.43. The summed E-state index contributed by atoms with van der Waals surface area (Å²) in [7, 11) is 0. The Hall–Kier alpha value is -6.60. The lowest BCUT2D eigenvalue weighted by Crippen LogP contribution is -2.47. The smallest absolute Gasteiger partial charge is 0.274 e. The normalized spacial score (nSPS) is 22.3. The second kappa shape index (κ2) is 17.5. The summed E-state index contributed by atoms with van der Waals surface area (Å²) < 4.78 is 84.4. The van der Waals surface area contributed by atoms with Gasteiger partial charge in [0.15, 0.2) is 22.9 Å². The molecule has 20 heteroatoms. The van der Waals surface area contributed by atoms with Crippen LogP contribution in [0.4, 0.5) is 26.3 Å². The summed E-state index contributed by atoms with van der Waals surface area (Å²) in [4.78, 5) is 79.8. The van der Waals surface area contributed by atoms with Crippen molar-refractivity contribution in [3.63, 3.8) is 0 Å². The van der Waals surface area contributed by atoms with Gasteiger partial charge in [0.25, 0.3) is 23.6 Å². The molecule has 64 heavy (non-hydrogen) atoms. The Morgan fingerprint density at radius 3 is 1.23 bits per heavy atom. The second-order valence-corrected chi connectivity index (χ2v) is 17.1. The van der Waals surface area contributed by atoms with Gasteiger partial charge in [-0.2, -0.15) is 0 Å². The van der Waals surface area contributed by atoms with Crippen LogP contribution in [0.15, 0.2) is 46.2 Å². The van der Waals surface area contributed by atoms with Crippen LogP contribution in [0.2, 0.25) is 0 Å². The number of aromatic nitrogens is 2. The number of hydrogen-bond donors (Lipinski definition) is 4. The highest BCUT2D eigenvalue weighted by Gasteiger charge is 2.42. The molecule has 14 nitrogen and oxygen atoms in total. The summed E-state index contributed by atoms with van der Waals surface area (Å²) in [6.07, 6.45) is 5.32. The molecular weight excluding hydrogens is 855 g/mol. The molecule has 0 spiro atoms. The molecule has 4 N–H and O–H groups in total. The highest BCUT2D eigenvalue weighted by Crippen LogP contribution is 2.38. The molecule has 4 aliphatic heterocycles. The number of pyridine rings is 2. The average molecular weight is 899 g/mol. The van der Waals surface area contributed by atoms with Crippen LogP contribution in [0.25, 0.3) is 0 Å². The van der Waals surface area contributed by atoms with Gasteiger partial charge in [-0.15, -0.1) is 0 Å². The van der Waals surface area contributed by atoms with Crippen molar-refractivity contribution in [3.05, 3.63) is 126 Å². The molecular formula is C44H44F6N6O8. The van der Waals surface area contributed by atoms with E-state index in [9.17, 15) is 65.3 Å². The molecule has 4 aromatic rings. The molecule has 8 rings (SSSR count). The summed E-state index contributed by atoms with van der Waals surface area (Å²) in [5.74, 6) is -11.0. The minimum absolute atomic E-state index is 0.0609. The number of hydrogen-bond acceptors (Lipinski definition) is 8. The predicted molar refractivity (Wildman–Crippen MR) is 216 cm³/mol. The fourth-order valence-corrected chi connectivity index (χ4v) is 9.32. The van der Waals surface area contributed by atoms with Crippen molar-refractivity contribution in [2.24, 2.45) is 11.8 Å². The van der Waals surface area contributed by atoms with Crippen molar-refractivity contribution >= 4 is 23.6 Å². The summed E-state index contributed by atoms with van der Waals surface area (Å²) in [6.45, 7) is 7.41. The number of nitrogens with zero attached hydrogens (tertiary/aromatic N) is 4. The van der Waals surface area contributed by atoms with Crippen molar-refractivity contribution < 1.29 is 55.7 Å². The van der Waals surface area contributed by atoms with Crippen LogP contribution in [0.5, 0.6) is 11.5 Å². The third-order valence-corrected chi connectivity index (χ3v) is 12.4. The molecule has 340 valence electrons. The van der Waals surface area contributed by atoms with E-state index in [0.717, 1.165) is 12.8 Å². The lowest BCUT2D eigenvalue weighted by atomic mass is 9.97. The third kappa shape index (κ3) is 8.44. The molecule has 0 radical (unpaired) electrons. The number of amides is 4. The fraction of sp³-hybridized carbons (Fsp3) is 0.409. The van der Waals surface area contributed by atoms with Crippen LogP contribution in [0.1, 0.15) is 118 Å². The first-order valence-electron chi connectivity index (χ1n) is 20.6. The number of halogens is 6. The molecule has 2 saturated heterocycles. The predicted octanol–water partition coefficient (Wildman–Crippen LogP) is 5.43. The van der Waals surface area contributed by atoms with E-state index < -0.39 is 116 Å². The van der Waals surface area contributed by atoms with Gasteiger partial charge in [-0.3, -0.25) is 28.8 Å². The van der Waals surface area contributed by atoms with Crippen molar-refractivity contribution in [1.82, 2.24) is 29.6 Å². The van der Waals surface area contributed by atoms with Gasteiger partial charge in [-0.05, 0) is 51.4 Å². The fourth-order valence-electron chi connectivity index (χ4n) is 9.32. The summed E-state index contributed by atoms with van der Waals surface area (Å²) in [5, 5.41) is 25.5. The molecule has 2 aromatic carbocycles. The molecule has 2 aromatic heterocycles. The first-order valence-corrected chi connectivity index (χ1v) is 20.6. The van der Waals surface area contributed by atoms with E-state index in [-0.39, 0.29) is 47.4 Å². The van der Waals surface area contributed by atoms with Crippen LogP contribution in [0.3, 0.4) is 0 Å². The molecule has 2 unspecified atom stereocenters. The lowest BCUT2D eigenvalue weighted by molar-refractivity contribution is 0.0597. The molecule has 6 atom stereocenters. The molecule has 0 aliphatic carbocycles. The van der Waals surface area contributed by atoms with Crippen molar-refractivity contribution in [2.75, 3.05) is 13.1 Å². The summed E-state index contributed by atoms with van der Waals surface area (Å²) >= 11 is 0. The molecule has 4 amide bonds. The second-order valence-electron chi connectivity index (χ2n) is 17.1. The van der Waals surface area contributed by atoms with Crippen molar-refractivity contribution in [2.45, 2.75) is 90.6 Å². The van der Waals surface area contributed by atoms with Gasteiger partial charge in [-0.25, -0.2) is 26.3 Å². The Morgan fingerprint density at radius 1 is 0.578 bits per heavy atom. The third-order valence-electron chi connectivity index (χ3n) is 12.4. The first kappa shape index (κ1) is 45.4. The lowest BCUT2D eigenvalue weighted by Gasteiger charge is -2.37. The summed E-state index contributed by atoms with van der Waals surface area (Å²) in [6, 6.07) is 1.32. The van der Waals surface area contributed by atoms with E-state index in [2.05, 4.69) is 10.6 Å². The van der Waals surface area contributed by atoms with E-state index in [1.54, 1.807) is 9.80 Å². The Morgan fingerprint density at radius 2 is 0.906 bits per heavy atom. The maximum absolute atomic E-state index is 13.8. The first-order chi connectivity index (χ1) is 30.2. The van der Waals surface area contributed by atoms with Crippen LogP contribution in [0, 0.1) is 46.7 Å². The Labute approximate surface area is 361 Å².